The third kappa shape index (κ3) is 4.17. The summed E-state index contributed by atoms with van der Waals surface area (Å²) >= 11 is 0. The maximum Gasteiger partial charge on any atom is 0.276 e. The van der Waals surface area contributed by atoms with Crippen molar-refractivity contribution in [2.75, 3.05) is 6.54 Å². The van der Waals surface area contributed by atoms with Gasteiger partial charge in [0.15, 0.2) is 11.3 Å². The zero-order valence-corrected chi connectivity index (χ0v) is 19.2. The largest absolute Gasteiger partial charge is 0.356 e. The van der Waals surface area contributed by atoms with Crippen LogP contribution in [0.5, 0.6) is 0 Å². The van der Waals surface area contributed by atoms with Gasteiger partial charge in [0.05, 0.1) is 23.6 Å². The lowest BCUT2D eigenvalue weighted by molar-refractivity contribution is -0.126. The predicted octanol–water partition coefficient (Wildman–Crippen LogP) is 2.40. The average molecular weight is 464 g/mol. The first-order valence-electron chi connectivity index (χ1n) is 12.3. The van der Waals surface area contributed by atoms with Crippen LogP contribution in [-0.2, 0) is 11.2 Å². The Morgan fingerprint density at radius 3 is 2.68 bits per heavy atom. The molecule has 3 aliphatic rings. The topological polar surface area (TPSA) is 127 Å². The van der Waals surface area contributed by atoms with E-state index in [2.05, 4.69) is 20.9 Å². The van der Waals surface area contributed by atoms with Gasteiger partial charge in [-0.1, -0.05) is 5.16 Å². The highest BCUT2D eigenvalue weighted by molar-refractivity contribution is 5.93. The van der Waals surface area contributed by atoms with E-state index in [1.165, 1.54) is 25.7 Å². The van der Waals surface area contributed by atoms with E-state index >= 15 is 0 Å². The van der Waals surface area contributed by atoms with Crippen molar-refractivity contribution >= 4 is 17.5 Å². The minimum Gasteiger partial charge on any atom is -0.356 e. The first kappa shape index (κ1) is 21.2. The van der Waals surface area contributed by atoms with Gasteiger partial charge in [0.1, 0.15) is 5.69 Å². The zero-order chi connectivity index (χ0) is 23.2. The lowest BCUT2D eigenvalue weighted by Gasteiger charge is -2.26. The molecule has 3 fully saturated rings. The number of hydrogen-bond acceptors (Lipinski definition) is 7. The van der Waals surface area contributed by atoms with E-state index in [0.717, 1.165) is 36.4 Å². The van der Waals surface area contributed by atoms with Gasteiger partial charge in [0.25, 0.3) is 5.91 Å². The molecule has 178 valence electrons. The Morgan fingerprint density at radius 1 is 1.21 bits per heavy atom. The molecule has 34 heavy (non-hydrogen) atoms. The number of piperidine rings is 1. The number of carbonyl (C=O) groups is 2. The molecule has 2 saturated carbocycles. The average Bonchev–Trinajstić information content (AvgIpc) is 3.76. The minimum atomic E-state index is -0.288. The molecule has 0 bridgehead atoms. The lowest BCUT2D eigenvalue weighted by Crippen LogP contribution is -2.37. The molecule has 1 unspecified atom stereocenters. The lowest BCUT2D eigenvalue weighted by atomic mass is 9.87. The van der Waals surface area contributed by atoms with Crippen molar-refractivity contribution in [1.82, 2.24) is 35.5 Å². The third-order valence-corrected chi connectivity index (χ3v) is 7.44. The van der Waals surface area contributed by atoms with Gasteiger partial charge in [-0.3, -0.25) is 9.59 Å². The number of hydrogen-bond donors (Lipinski definition) is 2. The second kappa shape index (κ2) is 8.48. The van der Waals surface area contributed by atoms with Gasteiger partial charge in [0.2, 0.25) is 5.91 Å². The summed E-state index contributed by atoms with van der Waals surface area (Å²) in [7, 11) is 0. The Bertz CT molecular complexity index is 1210. The fraction of sp³-hybridized carbons (Fsp3) is 0.583. The van der Waals surface area contributed by atoms with Crippen molar-refractivity contribution in [3.05, 3.63) is 41.1 Å². The molecule has 2 aliphatic carbocycles. The second-order valence-corrected chi connectivity index (χ2v) is 10.0. The van der Waals surface area contributed by atoms with E-state index in [1.807, 2.05) is 18.3 Å². The van der Waals surface area contributed by atoms with Gasteiger partial charge in [-0.2, -0.15) is 5.10 Å². The Labute approximate surface area is 196 Å². The van der Waals surface area contributed by atoms with Crippen LogP contribution in [0.1, 0.15) is 72.1 Å². The summed E-state index contributed by atoms with van der Waals surface area (Å²) in [6.07, 6.45) is 9.19. The number of nitrogens with one attached hydrogen (secondary N) is 2. The molecule has 0 spiro atoms. The Hall–Kier alpha value is -3.30. The molecule has 2 amide bonds. The highest BCUT2D eigenvalue weighted by atomic mass is 16.6. The van der Waals surface area contributed by atoms with Gasteiger partial charge in [-0.25, -0.2) is 14.1 Å². The molecule has 2 N–H and O–H groups in total. The van der Waals surface area contributed by atoms with Crippen LogP contribution in [0.3, 0.4) is 0 Å². The fourth-order valence-electron chi connectivity index (χ4n) is 5.39. The number of nitrogens with zero attached hydrogens (tertiary/aromatic N) is 5. The summed E-state index contributed by atoms with van der Waals surface area (Å²) in [6, 6.07) is 3.67. The highest BCUT2D eigenvalue weighted by Gasteiger charge is 2.47. The number of carbonyl (C=O) groups excluding carboxylic acids is 2. The van der Waals surface area contributed by atoms with Gasteiger partial charge < -0.3 is 10.6 Å². The van der Waals surface area contributed by atoms with Gasteiger partial charge >= 0.3 is 0 Å². The second-order valence-electron chi connectivity index (χ2n) is 10.0. The van der Waals surface area contributed by atoms with Crippen molar-refractivity contribution < 1.29 is 14.2 Å². The van der Waals surface area contributed by atoms with E-state index in [1.54, 1.807) is 11.4 Å². The molecule has 3 aromatic heterocycles. The van der Waals surface area contributed by atoms with Gasteiger partial charge in [-0.15, -0.1) is 0 Å². The van der Waals surface area contributed by atoms with E-state index < -0.39 is 0 Å². The smallest absolute Gasteiger partial charge is 0.276 e. The van der Waals surface area contributed by atoms with Crippen molar-refractivity contribution in [3.8, 4) is 0 Å². The summed E-state index contributed by atoms with van der Waals surface area (Å²) < 4.78 is 6.53. The SMILES string of the molecule is Cc1nonc1C(=O)NC(c1cn2nc(C[C@H]3CCCNC3=O)ccc2n1)C(C1CC1)C1CC1. The minimum absolute atomic E-state index is 0.0397. The van der Waals surface area contributed by atoms with E-state index in [4.69, 9.17) is 14.7 Å². The number of aryl methyl sites for hydroxylation is 1. The normalized spacial score (nSPS) is 21.6. The standard InChI is InChI=1S/C24H29N7O3/c1-13-21(30-34-29-13)24(33)27-22(20(14-4-5-14)15-6-7-15)18-12-31-19(26-18)9-8-17(28-31)11-16-3-2-10-25-23(16)32/h8-9,12,14-16,20,22H,2-7,10-11H2,1H3,(H,25,32)(H,27,33)/t16-,22?/m1/s1. The maximum atomic E-state index is 13.1. The number of rotatable bonds is 8. The summed E-state index contributed by atoms with van der Waals surface area (Å²) in [5.41, 5.74) is 3.09. The van der Waals surface area contributed by atoms with E-state index in [0.29, 0.717) is 29.9 Å². The van der Waals surface area contributed by atoms with Crippen molar-refractivity contribution in [3.63, 3.8) is 0 Å². The van der Waals surface area contributed by atoms with Crippen LogP contribution >= 0.6 is 0 Å². The summed E-state index contributed by atoms with van der Waals surface area (Å²) in [5.74, 6) is 1.34. The van der Waals surface area contributed by atoms with Gasteiger partial charge in [0, 0.05) is 18.9 Å². The molecule has 6 rings (SSSR count). The number of imidazole rings is 1. The number of aromatic nitrogens is 5. The monoisotopic (exact) mass is 463 g/mol. The number of fused-ring (bicyclic) bond motifs is 1. The van der Waals surface area contributed by atoms with E-state index in [9.17, 15) is 9.59 Å². The fourth-order valence-corrected chi connectivity index (χ4v) is 5.39. The molecule has 3 aromatic rings. The third-order valence-electron chi connectivity index (χ3n) is 7.44. The molecule has 2 atom stereocenters. The van der Waals surface area contributed by atoms with Crippen molar-refractivity contribution in [2.24, 2.45) is 23.7 Å². The quantitative estimate of drug-likeness (QED) is 0.525. The van der Waals surface area contributed by atoms with Crippen LogP contribution in [-0.4, -0.2) is 43.3 Å². The summed E-state index contributed by atoms with van der Waals surface area (Å²) in [5, 5.41) is 18.4. The summed E-state index contributed by atoms with van der Waals surface area (Å²) in [6.45, 7) is 2.47. The molecule has 1 saturated heterocycles. The number of amides is 2. The molecule has 4 heterocycles. The van der Waals surface area contributed by atoms with Crippen LogP contribution in [0, 0.1) is 30.6 Å². The van der Waals surface area contributed by atoms with Crippen LogP contribution in [0.15, 0.2) is 23.0 Å². The summed E-state index contributed by atoms with van der Waals surface area (Å²) in [4.78, 5) is 30.1. The molecule has 0 aromatic carbocycles. The van der Waals surface area contributed by atoms with Crippen LogP contribution in [0.4, 0.5) is 0 Å². The highest BCUT2D eigenvalue weighted by Crippen LogP contribution is 2.54. The molecular formula is C24H29N7O3. The Morgan fingerprint density at radius 2 is 2.00 bits per heavy atom. The van der Waals surface area contributed by atoms with Gasteiger partial charge in [-0.05, 0) is 80.5 Å². The predicted molar refractivity (Wildman–Crippen MR) is 121 cm³/mol. The Kier molecular flexibility index (Phi) is 5.30. The van der Waals surface area contributed by atoms with Crippen LogP contribution in [0.2, 0.25) is 0 Å². The van der Waals surface area contributed by atoms with Crippen molar-refractivity contribution in [2.45, 2.75) is 57.9 Å². The van der Waals surface area contributed by atoms with Crippen molar-refractivity contribution in [1.29, 1.82) is 0 Å². The van der Waals surface area contributed by atoms with Crippen LogP contribution < -0.4 is 10.6 Å². The first-order valence-corrected chi connectivity index (χ1v) is 12.3. The van der Waals surface area contributed by atoms with Crippen LogP contribution in [0.25, 0.3) is 5.65 Å². The molecule has 10 heteroatoms. The first-order chi connectivity index (χ1) is 16.6. The Balaban J connectivity index is 1.30. The maximum absolute atomic E-state index is 13.1. The molecular weight excluding hydrogens is 434 g/mol. The zero-order valence-electron chi connectivity index (χ0n) is 19.2. The molecule has 10 nitrogen and oxygen atoms in total. The molecule has 0 radical (unpaired) electrons. The molecule has 1 aliphatic heterocycles. The van der Waals surface area contributed by atoms with E-state index in [-0.39, 0.29) is 29.5 Å².